The lowest BCUT2D eigenvalue weighted by atomic mass is 9.95. The lowest BCUT2D eigenvalue weighted by molar-refractivity contribution is 0.529. The Hall–Kier alpha value is -3.63. The number of aromatic nitrogens is 8. The minimum Gasteiger partial charge on any atom is -0.355 e. The van der Waals surface area contributed by atoms with Crippen LogP contribution in [0.3, 0.4) is 0 Å². The number of aromatic amines is 1. The molecule has 2 fully saturated rings. The molecule has 1 aromatic carbocycles. The summed E-state index contributed by atoms with van der Waals surface area (Å²) in [6, 6.07) is 5.87. The molecule has 5 aromatic rings. The van der Waals surface area contributed by atoms with E-state index in [1.54, 1.807) is 12.4 Å². The van der Waals surface area contributed by atoms with Crippen LogP contribution in [-0.2, 0) is 12.5 Å². The Balaban J connectivity index is 1.19. The minimum absolute atomic E-state index is 0.0217. The van der Waals surface area contributed by atoms with Crippen molar-refractivity contribution in [2.24, 2.45) is 24.6 Å². The Morgan fingerprint density at radius 1 is 1.12 bits per heavy atom. The van der Waals surface area contributed by atoms with Gasteiger partial charge in [-0.15, -0.1) is 0 Å². The maximum absolute atomic E-state index is 6.65. The van der Waals surface area contributed by atoms with Gasteiger partial charge in [-0.25, -0.2) is 9.97 Å². The molecule has 0 spiro atoms. The number of hydrogen-bond acceptors (Lipinski definition) is 8. The third-order valence-corrected chi connectivity index (χ3v) is 7.86. The topological polar surface area (TPSA) is 127 Å². The zero-order valence-electron chi connectivity index (χ0n) is 18.4. The van der Waals surface area contributed by atoms with E-state index in [2.05, 4.69) is 36.2 Å². The summed E-state index contributed by atoms with van der Waals surface area (Å²) < 4.78 is 1.85. The summed E-state index contributed by atoms with van der Waals surface area (Å²) in [7, 11) is 1.94. The predicted molar refractivity (Wildman–Crippen MR) is 128 cm³/mol. The van der Waals surface area contributed by atoms with Gasteiger partial charge in [0.1, 0.15) is 22.5 Å². The molecule has 0 bridgehead atoms. The maximum atomic E-state index is 6.65. The average molecular weight is 473 g/mol. The number of anilines is 1. The van der Waals surface area contributed by atoms with Gasteiger partial charge in [0.05, 0.1) is 22.4 Å². The molecule has 11 heteroatoms. The predicted octanol–water partition coefficient (Wildman–Crippen LogP) is 2.31. The third-order valence-electron chi connectivity index (χ3n) is 7.48. The van der Waals surface area contributed by atoms with Crippen LogP contribution in [0.15, 0.2) is 43.0 Å². The molecule has 0 radical (unpaired) electrons. The number of aryl methyl sites for hydroxylation is 1. The number of rotatable bonds is 4. The highest BCUT2D eigenvalue weighted by Gasteiger charge is 2.69. The van der Waals surface area contributed by atoms with Gasteiger partial charge in [0.2, 0.25) is 0 Å². The number of nitrogens with zero attached hydrogens (tertiary/aromatic N) is 8. The van der Waals surface area contributed by atoms with Gasteiger partial charge >= 0.3 is 0 Å². The molecular weight excluding hydrogens is 452 g/mol. The van der Waals surface area contributed by atoms with Crippen molar-refractivity contribution in [3.63, 3.8) is 0 Å². The number of hydrogen-bond donors (Lipinski definition) is 2. The normalized spacial score (nSPS) is 23.7. The van der Waals surface area contributed by atoms with Crippen molar-refractivity contribution < 1.29 is 0 Å². The molecule has 34 heavy (non-hydrogen) atoms. The molecule has 0 unspecified atom stereocenters. The van der Waals surface area contributed by atoms with Crippen LogP contribution in [0, 0.1) is 11.8 Å². The van der Waals surface area contributed by atoms with E-state index in [1.165, 1.54) is 0 Å². The fourth-order valence-electron chi connectivity index (χ4n) is 5.69. The molecule has 0 amide bonds. The van der Waals surface area contributed by atoms with Crippen LogP contribution in [0.4, 0.5) is 5.82 Å². The lowest BCUT2D eigenvalue weighted by Gasteiger charge is -2.25. The van der Waals surface area contributed by atoms with Crippen LogP contribution < -0.4 is 10.6 Å². The van der Waals surface area contributed by atoms with Crippen molar-refractivity contribution >= 4 is 39.6 Å². The second kappa shape index (κ2) is 6.94. The first kappa shape index (κ1) is 19.8. The van der Waals surface area contributed by atoms with Crippen LogP contribution in [0.2, 0.25) is 5.02 Å². The summed E-state index contributed by atoms with van der Waals surface area (Å²) in [6.45, 7) is 2.38. The molecule has 1 saturated carbocycles. The number of fused-ring (bicyclic) bond motifs is 3. The molecule has 2 aliphatic rings. The monoisotopic (exact) mass is 472 g/mol. The van der Waals surface area contributed by atoms with E-state index in [4.69, 9.17) is 27.3 Å². The number of halogens is 1. The van der Waals surface area contributed by atoms with Crippen LogP contribution in [0.5, 0.6) is 0 Å². The first-order valence-electron chi connectivity index (χ1n) is 11.2. The van der Waals surface area contributed by atoms with Crippen LogP contribution in [0.25, 0.3) is 33.5 Å². The van der Waals surface area contributed by atoms with Gasteiger partial charge in [-0.1, -0.05) is 11.6 Å². The summed E-state index contributed by atoms with van der Waals surface area (Å²) >= 11 is 6.65. The molecule has 1 aliphatic carbocycles. The van der Waals surface area contributed by atoms with Gasteiger partial charge < -0.3 is 10.6 Å². The van der Waals surface area contributed by atoms with E-state index in [9.17, 15) is 0 Å². The molecule has 170 valence electrons. The third kappa shape index (κ3) is 2.60. The molecule has 4 aromatic heterocycles. The Kier molecular flexibility index (Phi) is 4.04. The largest absolute Gasteiger partial charge is 0.355 e. The van der Waals surface area contributed by atoms with Crippen molar-refractivity contribution in [1.82, 2.24) is 39.9 Å². The first-order chi connectivity index (χ1) is 16.6. The molecule has 3 N–H and O–H groups in total. The summed E-state index contributed by atoms with van der Waals surface area (Å²) in [5.74, 6) is 1.77. The number of nitrogens with one attached hydrogen (secondary N) is 1. The van der Waals surface area contributed by atoms with Crippen molar-refractivity contribution in [1.29, 1.82) is 0 Å². The van der Waals surface area contributed by atoms with Crippen molar-refractivity contribution in [3.05, 3.63) is 53.7 Å². The van der Waals surface area contributed by atoms with E-state index in [0.717, 1.165) is 35.7 Å². The summed E-state index contributed by atoms with van der Waals surface area (Å²) in [5, 5.41) is 12.7. The zero-order chi connectivity index (χ0) is 23.0. The fraction of sp³-hybridized carbons (Fsp3) is 0.304. The molecule has 3 atom stereocenters. The quantitative estimate of drug-likeness (QED) is 0.408. The summed E-state index contributed by atoms with van der Waals surface area (Å²) in [4.78, 5) is 20.5. The Morgan fingerprint density at radius 3 is 2.71 bits per heavy atom. The Bertz CT molecular complexity index is 1560. The van der Waals surface area contributed by atoms with E-state index >= 15 is 0 Å². The van der Waals surface area contributed by atoms with Crippen LogP contribution in [-0.4, -0.2) is 59.5 Å². The molecule has 7 rings (SSSR count). The number of benzene rings is 1. The van der Waals surface area contributed by atoms with E-state index in [0.29, 0.717) is 45.8 Å². The molecule has 1 saturated heterocycles. The average Bonchev–Trinajstić information content (AvgIpc) is 3.35. The van der Waals surface area contributed by atoms with Gasteiger partial charge in [0.15, 0.2) is 5.65 Å². The number of nitrogens with two attached hydrogens (primary N) is 1. The van der Waals surface area contributed by atoms with Gasteiger partial charge in [0, 0.05) is 56.3 Å². The smallest absolute Gasteiger partial charge is 0.177 e. The number of H-pyrrole nitrogens is 1. The highest BCUT2D eigenvalue weighted by molar-refractivity contribution is 6.37. The Labute approximate surface area is 199 Å². The van der Waals surface area contributed by atoms with E-state index < -0.39 is 0 Å². The second-order valence-electron chi connectivity index (χ2n) is 9.09. The van der Waals surface area contributed by atoms with Crippen molar-refractivity contribution in [2.75, 3.05) is 24.5 Å². The van der Waals surface area contributed by atoms with Crippen molar-refractivity contribution in [3.8, 4) is 11.3 Å². The molecule has 5 heterocycles. The van der Waals surface area contributed by atoms with E-state index in [-0.39, 0.29) is 5.41 Å². The Morgan fingerprint density at radius 2 is 1.94 bits per heavy atom. The van der Waals surface area contributed by atoms with Gasteiger partial charge in [-0.05, 0) is 30.0 Å². The second-order valence-corrected chi connectivity index (χ2v) is 9.46. The van der Waals surface area contributed by atoms with Gasteiger partial charge in [0.25, 0.3) is 0 Å². The lowest BCUT2D eigenvalue weighted by Crippen LogP contribution is -2.35. The summed E-state index contributed by atoms with van der Waals surface area (Å²) in [5.41, 5.74) is 11.4. The standard InChI is InChI=1S/C23H21ClN10/c1-33-7-4-16(32-33)23(11-25)13-9-34(10-14(13)23)17-8-28-21-19(30-31-22(21)29-17)12-2-3-15-20(18(12)24)27-6-5-26-15/h2-8,13-14H,9-11,25H2,1H3,(H,29,30,31)/t13-,14+,23-. The maximum Gasteiger partial charge on any atom is 0.177 e. The highest BCUT2D eigenvalue weighted by Crippen LogP contribution is 2.62. The number of piperidine rings is 1. The molecule has 10 nitrogen and oxygen atoms in total. The van der Waals surface area contributed by atoms with E-state index in [1.807, 2.05) is 36.3 Å². The fourth-order valence-corrected chi connectivity index (χ4v) is 5.99. The van der Waals surface area contributed by atoms with Crippen molar-refractivity contribution in [2.45, 2.75) is 5.41 Å². The molecule has 1 aliphatic heterocycles. The highest BCUT2D eigenvalue weighted by atomic mass is 35.5. The summed E-state index contributed by atoms with van der Waals surface area (Å²) in [6.07, 6.45) is 7.07. The first-order valence-corrected chi connectivity index (χ1v) is 11.5. The minimum atomic E-state index is -0.0217. The van der Waals surface area contributed by atoms with Crippen LogP contribution >= 0.6 is 11.6 Å². The van der Waals surface area contributed by atoms with Crippen LogP contribution in [0.1, 0.15) is 5.69 Å². The SMILES string of the molecule is Cn1ccc([C@]2(CN)[C@@H]3CN(c4cnc5c(-c6ccc7nccnc7c6Cl)n[nH]c5n4)C[C@@H]32)n1. The van der Waals surface area contributed by atoms with Gasteiger partial charge in [-0.2, -0.15) is 10.2 Å². The van der Waals surface area contributed by atoms with Gasteiger partial charge in [-0.3, -0.25) is 19.7 Å². The zero-order valence-corrected chi connectivity index (χ0v) is 19.1. The molecular formula is C23H21ClN10.